The first kappa shape index (κ1) is 8.83. The molecule has 0 nitrogen and oxygen atoms in total. The molecule has 0 aliphatic heterocycles. The maximum Gasteiger partial charge on any atom is -0.0121 e. The van der Waals surface area contributed by atoms with Crippen molar-refractivity contribution in [3.8, 4) is 0 Å². The van der Waals surface area contributed by atoms with E-state index < -0.39 is 0 Å². The molecule has 0 heteroatoms. The maximum atomic E-state index is 2.37. The van der Waals surface area contributed by atoms with Crippen molar-refractivity contribution in [1.82, 2.24) is 0 Å². The number of hydrogen-bond acceptors (Lipinski definition) is 0. The van der Waals surface area contributed by atoms with Crippen molar-refractivity contribution >= 4 is 0 Å². The second kappa shape index (κ2) is 2.66. The second-order valence-electron chi connectivity index (χ2n) is 4.44. The number of allylic oxidation sites excluding steroid dienone is 2. The minimum absolute atomic E-state index is 0.579. The fraction of sp³-hybridized carbons (Fsp3) is 0.818. The highest BCUT2D eigenvalue weighted by Crippen LogP contribution is 2.61. The molecule has 0 radical (unpaired) electrons. The van der Waals surface area contributed by atoms with Crippen LogP contribution in [0.15, 0.2) is 11.6 Å². The van der Waals surface area contributed by atoms with E-state index >= 15 is 0 Å². The van der Waals surface area contributed by atoms with Crippen LogP contribution < -0.4 is 0 Å². The van der Waals surface area contributed by atoms with Gasteiger partial charge in [0.25, 0.3) is 0 Å². The van der Waals surface area contributed by atoms with Crippen LogP contribution in [0.1, 0.15) is 41.0 Å². The molecule has 11 heavy (non-hydrogen) atoms. The Balaban J connectivity index is 2.60. The van der Waals surface area contributed by atoms with Gasteiger partial charge in [0.05, 0.1) is 0 Å². The van der Waals surface area contributed by atoms with Crippen LogP contribution in [0.2, 0.25) is 0 Å². The summed E-state index contributed by atoms with van der Waals surface area (Å²) in [6, 6.07) is 0. The average molecular weight is 152 g/mol. The molecule has 1 aliphatic rings. The zero-order valence-electron chi connectivity index (χ0n) is 8.44. The van der Waals surface area contributed by atoms with Crippen LogP contribution in [0, 0.1) is 17.3 Å². The molecule has 1 fully saturated rings. The summed E-state index contributed by atoms with van der Waals surface area (Å²) >= 11 is 0. The van der Waals surface area contributed by atoms with Gasteiger partial charge in [-0.3, -0.25) is 0 Å². The molecule has 0 saturated heterocycles. The van der Waals surface area contributed by atoms with Crippen LogP contribution in [-0.2, 0) is 0 Å². The Bertz CT molecular complexity index is 174. The first-order valence-electron chi connectivity index (χ1n) is 4.68. The van der Waals surface area contributed by atoms with Gasteiger partial charge in [-0.05, 0) is 30.6 Å². The summed E-state index contributed by atoms with van der Waals surface area (Å²) in [7, 11) is 0. The minimum atomic E-state index is 0.579. The third-order valence-corrected chi connectivity index (χ3v) is 3.38. The summed E-state index contributed by atoms with van der Waals surface area (Å²) in [5.41, 5.74) is 2.18. The van der Waals surface area contributed by atoms with Crippen LogP contribution in [0.4, 0.5) is 0 Å². The molecule has 0 bridgehead atoms. The van der Waals surface area contributed by atoms with Gasteiger partial charge in [0.2, 0.25) is 0 Å². The van der Waals surface area contributed by atoms with Gasteiger partial charge < -0.3 is 0 Å². The van der Waals surface area contributed by atoms with E-state index in [0.29, 0.717) is 5.41 Å². The summed E-state index contributed by atoms with van der Waals surface area (Å²) in [6.07, 6.45) is 3.56. The van der Waals surface area contributed by atoms with Crippen molar-refractivity contribution in [3.05, 3.63) is 11.6 Å². The highest BCUT2D eigenvalue weighted by Gasteiger charge is 2.54. The normalized spacial score (nSPS) is 35.5. The van der Waals surface area contributed by atoms with E-state index in [9.17, 15) is 0 Å². The summed E-state index contributed by atoms with van der Waals surface area (Å²) in [6.45, 7) is 11.6. The number of hydrogen-bond donors (Lipinski definition) is 0. The van der Waals surface area contributed by atoms with Gasteiger partial charge in [-0.15, -0.1) is 0 Å². The van der Waals surface area contributed by atoms with Crippen LogP contribution in [0.3, 0.4) is 0 Å². The zero-order chi connectivity index (χ0) is 8.65. The molecule has 0 spiro atoms. The molecule has 1 rings (SSSR count). The second-order valence-corrected chi connectivity index (χ2v) is 4.44. The quantitative estimate of drug-likeness (QED) is 0.530. The number of rotatable bonds is 2. The molecular weight excluding hydrogens is 132 g/mol. The summed E-state index contributed by atoms with van der Waals surface area (Å²) in [5.74, 6) is 1.76. The van der Waals surface area contributed by atoms with Crippen molar-refractivity contribution in [2.75, 3.05) is 0 Å². The highest BCUT2D eigenvalue weighted by molar-refractivity contribution is 5.20. The van der Waals surface area contributed by atoms with E-state index in [0.717, 1.165) is 11.8 Å². The van der Waals surface area contributed by atoms with Crippen molar-refractivity contribution in [1.29, 1.82) is 0 Å². The SMILES string of the molecule is CCC=C(C)C1C(C)C1(C)C. The lowest BCUT2D eigenvalue weighted by Crippen LogP contribution is -1.91. The Morgan fingerprint density at radius 1 is 1.45 bits per heavy atom. The van der Waals surface area contributed by atoms with Gasteiger partial charge in [-0.2, -0.15) is 0 Å². The Morgan fingerprint density at radius 2 is 1.91 bits per heavy atom. The third-order valence-electron chi connectivity index (χ3n) is 3.38. The lowest BCUT2D eigenvalue weighted by Gasteiger charge is -2.01. The first-order valence-corrected chi connectivity index (χ1v) is 4.68. The van der Waals surface area contributed by atoms with Crippen LogP contribution in [0.5, 0.6) is 0 Å². The fourth-order valence-corrected chi connectivity index (χ4v) is 2.32. The maximum absolute atomic E-state index is 2.37. The molecule has 0 N–H and O–H groups in total. The summed E-state index contributed by atoms with van der Waals surface area (Å²) in [4.78, 5) is 0. The van der Waals surface area contributed by atoms with E-state index in [1.165, 1.54) is 6.42 Å². The Kier molecular flexibility index (Phi) is 2.13. The molecule has 2 atom stereocenters. The molecule has 0 aromatic rings. The Morgan fingerprint density at radius 3 is 2.18 bits per heavy atom. The molecular formula is C11H20. The van der Waals surface area contributed by atoms with Crippen LogP contribution in [0.25, 0.3) is 0 Å². The van der Waals surface area contributed by atoms with E-state index in [4.69, 9.17) is 0 Å². The van der Waals surface area contributed by atoms with Gasteiger partial charge >= 0.3 is 0 Å². The highest BCUT2D eigenvalue weighted by atomic mass is 14.6. The van der Waals surface area contributed by atoms with Crippen molar-refractivity contribution in [2.45, 2.75) is 41.0 Å². The smallest absolute Gasteiger partial charge is 0.0121 e. The average Bonchev–Trinajstić information content (AvgIpc) is 2.34. The van der Waals surface area contributed by atoms with E-state index in [2.05, 4.69) is 40.7 Å². The van der Waals surface area contributed by atoms with Gasteiger partial charge in [-0.25, -0.2) is 0 Å². The van der Waals surface area contributed by atoms with E-state index in [-0.39, 0.29) is 0 Å². The predicted molar refractivity (Wildman–Crippen MR) is 50.5 cm³/mol. The molecule has 64 valence electrons. The van der Waals surface area contributed by atoms with Crippen molar-refractivity contribution < 1.29 is 0 Å². The largest absolute Gasteiger partial charge is 0.0856 e. The topological polar surface area (TPSA) is 0 Å². The molecule has 0 amide bonds. The summed E-state index contributed by atoms with van der Waals surface area (Å²) < 4.78 is 0. The van der Waals surface area contributed by atoms with E-state index in [1.807, 2.05) is 0 Å². The first-order chi connectivity index (χ1) is 5.01. The third kappa shape index (κ3) is 1.36. The summed E-state index contributed by atoms with van der Waals surface area (Å²) in [5, 5.41) is 0. The zero-order valence-corrected chi connectivity index (χ0v) is 8.44. The molecule has 0 aromatic heterocycles. The Hall–Kier alpha value is -0.260. The molecule has 0 aromatic carbocycles. The molecule has 0 heterocycles. The van der Waals surface area contributed by atoms with Gasteiger partial charge in [0.1, 0.15) is 0 Å². The van der Waals surface area contributed by atoms with Crippen LogP contribution in [-0.4, -0.2) is 0 Å². The van der Waals surface area contributed by atoms with Crippen molar-refractivity contribution in [2.24, 2.45) is 17.3 Å². The van der Waals surface area contributed by atoms with Crippen LogP contribution >= 0.6 is 0 Å². The standard InChI is InChI=1S/C11H20/c1-6-7-8(2)10-9(3)11(10,4)5/h7,9-10H,6H2,1-5H3. The lowest BCUT2D eigenvalue weighted by atomic mass is 10.0. The van der Waals surface area contributed by atoms with Gasteiger partial charge in [0, 0.05) is 0 Å². The monoisotopic (exact) mass is 152 g/mol. The lowest BCUT2D eigenvalue weighted by molar-refractivity contribution is 0.564. The molecule has 2 unspecified atom stereocenters. The van der Waals surface area contributed by atoms with Gasteiger partial charge in [-0.1, -0.05) is 39.3 Å². The van der Waals surface area contributed by atoms with E-state index in [1.54, 1.807) is 5.57 Å². The molecule has 1 saturated carbocycles. The van der Waals surface area contributed by atoms with Crippen molar-refractivity contribution in [3.63, 3.8) is 0 Å². The minimum Gasteiger partial charge on any atom is -0.0856 e. The predicted octanol–water partition coefficient (Wildman–Crippen LogP) is 3.63. The van der Waals surface area contributed by atoms with Gasteiger partial charge in [0.15, 0.2) is 0 Å². The molecule has 1 aliphatic carbocycles. The fourth-order valence-electron chi connectivity index (χ4n) is 2.32. The Labute approximate surface area is 70.7 Å².